The third-order valence-corrected chi connectivity index (χ3v) is 4.28. The van der Waals surface area contributed by atoms with Crippen LogP contribution in [0.2, 0.25) is 0 Å². The van der Waals surface area contributed by atoms with Crippen LogP contribution in [0.4, 0.5) is 0 Å². The number of hydrogen-bond donors (Lipinski definition) is 0. The molecule has 0 aromatic carbocycles. The van der Waals surface area contributed by atoms with Gasteiger partial charge in [0.2, 0.25) is 0 Å². The van der Waals surface area contributed by atoms with Gasteiger partial charge in [-0.1, -0.05) is 41.5 Å². The molecule has 0 bridgehead atoms. The zero-order valence-corrected chi connectivity index (χ0v) is 12.3. The first-order valence-corrected chi connectivity index (χ1v) is 7.56. The van der Waals surface area contributed by atoms with E-state index in [0.717, 1.165) is 0 Å². The molecule has 2 heteroatoms. The van der Waals surface area contributed by atoms with Crippen LogP contribution in [-0.4, -0.2) is 22.0 Å². The fourth-order valence-corrected chi connectivity index (χ4v) is 3.27. The van der Waals surface area contributed by atoms with Crippen molar-refractivity contribution in [1.29, 1.82) is 0 Å². The maximum absolute atomic E-state index is 2.32. The number of rotatable bonds is 5. The van der Waals surface area contributed by atoms with Gasteiger partial charge in [-0.2, -0.15) is 23.5 Å². The molecule has 0 saturated carbocycles. The van der Waals surface area contributed by atoms with Crippen molar-refractivity contribution in [2.45, 2.75) is 52.7 Å². The van der Waals surface area contributed by atoms with Gasteiger partial charge in [-0.05, 0) is 17.6 Å². The first kappa shape index (κ1) is 14.7. The van der Waals surface area contributed by atoms with E-state index in [2.05, 4.69) is 65.1 Å². The van der Waals surface area contributed by atoms with E-state index in [1.54, 1.807) is 0 Å². The van der Waals surface area contributed by atoms with Crippen LogP contribution in [0.15, 0.2) is 0 Å². The molecule has 0 atom stereocenters. The Bertz CT molecular complexity index is 121. The van der Waals surface area contributed by atoms with Crippen LogP contribution in [-0.2, 0) is 0 Å². The van der Waals surface area contributed by atoms with Crippen LogP contribution in [0.3, 0.4) is 0 Å². The Hall–Kier alpha value is 0.700. The molecule has 86 valence electrons. The molecule has 0 aliphatic carbocycles. The highest BCUT2D eigenvalue weighted by Crippen LogP contribution is 2.25. The van der Waals surface area contributed by atoms with E-state index in [1.165, 1.54) is 23.7 Å². The highest BCUT2D eigenvalue weighted by molar-refractivity contribution is 8.03. The van der Waals surface area contributed by atoms with Crippen molar-refractivity contribution in [2.75, 3.05) is 17.3 Å². The Morgan fingerprint density at radius 2 is 1.36 bits per heavy atom. The minimum Gasteiger partial charge on any atom is -0.161 e. The van der Waals surface area contributed by atoms with E-state index in [0.29, 0.717) is 10.2 Å². The predicted molar refractivity (Wildman–Crippen MR) is 73.6 cm³/mol. The second kappa shape index (κ2) is 6.32. The average molecular weight is 234 g/mol. The minimum absolute atomic E-state index is 0.435. The Kier molecular flexibility index (Phi) is 6.63. The van der Waals surface area contributed by atoms with Crippen LogP contribution in [0.25, 0.3) is 0 Å². The van der Waals surface area contributed by atoms with E-state index >= 15 is 0 Å². The molecule has 0 aliphatic rings. The normalized spacial score (nSPS) is 13.3. The molecule has 0 nitrogen and oxygen atoms in total. The van der Waals surface area contributed by atoms with Gasteiger partial charge in [0.1, 0.15) is 0 Å². The lowest BCUT2D eigenvalue weighted by molar-refractivity contribution is 0.401. The number of hydrogen-bond acceptors (Lipinski definition) is 2. The zero-order chi connectivity index (χ0) is 11.2. The quantitative estimate of drug-likeness (QED) is 0.633. The summed E-state index contributed by atoms with van der Waals surface area (Å²) in [6, 6.07) is 0. The average Bonchev–Trinajstić information content (AvgIpc) is 1.92. The SMILES string of the molecule is CC(C)(C)CCSCCSC(C)(C)C. The highest BCUT2D eigenvalue weighted by Gasteiger charge is 2.11. The summed E-state index contributed by atoms with van der Waals surface area (Å²) in [5, 5.41) is 0. The molecule has 0 N–H and O–H groups in total. The molecule has 0 amide bonds. The third-order valence-electron chi connectivity index (χ3n) is 1.76. The molecule has 0 spiro atoms. The van der Waals surface area contributed by atoms with Gasteiger partial charge in [-0.15, -0.1) is 0 Å². The Morgan fingerprint density at radius 3 is 1.79 bits per heavy atom. The van der Waals surface area contributed by atoms with E-state index in [4.69, 9.17) is 0 Å². The minimum atomic E-state index is 0.435. The second-order valence-electron chi connectivity index (χ2n) is 5.88. The van der Waals surface area contributed by atoms with Crippen LogP contribution in [0.1, 0.15) is 48.0 Å². The molecule has 0 heterocycles. The van der Waals surface area contributed by atoms with Crippen molar-refractivity contribution < 1.29 is 0 Å². The summed E-state index contributed by atoms with van der Waals surface area (Å²) < 4.78 is 0.435. The first-order valence-electron chi connectivity index (χ1n) is 5.42. The maximum atomic E-state index is 2.32. The van der Waals surface area contributed by atoms with Gasteiger partial charge < -0.3 is 0 Å². The zero-order valence-electron chi connectivity index (χ0n) is 10.6. The van der Waals surface area contributed by atoms with Gasteiger partial charge in [0.05, 0.1) is 0 Å². The van der Waals surface area contributed by atoms with Crippen molar-refractivity contribution in [3.8, 4) is 0 Å². The van der Waals surface area contributed by atoms with E-state index in [1.807, 2.05) is 0 Å². The van der Waals surface area contributed by atoms with Crippen LogP contribution >= 0.6 is 23.5 Å². The van der Waals surface area contributed by atoms with Crippen LogP contribution < -0.4 is 0 Å². The van der Waals surface area contributed by atoms with E-state index in [-0.39, 0.29) is 0 Å². The molecule has 0 rings (SSSR count). The third kappa shape index (κ3) is 12.7. The van der Waals surface area contributed by atoms with E-state index < -0.39 is 0 Å². The fourth-order valence-electron chi connectivity index (χ4n) is 0.887. The Labute approximate surface area is 99.0 Å². The molecular formula is C12H26S2. The molecule has 0 radical (unpaired) electrons. The largest absolute Gasteiger partial charge is 0.161 e. The molecule has 14 heavy (non-hydrogen) atoms. The molecule has 0 aromatic rings. The summed E-state index contributed by atoms with van der Waals surface area (Å²) in [5.74, 6) is 3.91. The molecular weight excluding hydrogens is 208 g/mol. The van der Waals surface area contributed by atoms with Gasteiger partial charge in [0, 0.05) is 16.3 Å². The molecule has 0 aliphatic heterocycles. The summed E-state index contributed by atoms with van der Waals surface area (Å²) in [7, 11) is 0. The Morgan fingerprint density at radius 1 is 0.786 bits per heavy atom. The first-order chi connectivity index (χ1) is 6.21. The molecule has 0 fully saturated rings. The summed E-state index contributed by atoms with van der Waals surface area (Å²) >= 11 is 4.17. The van der Waals surface area contributed by atoms with Gasteiger partial charge >= 0.3 is 0 Å². The lowest BCUT2D eigenvalue weighted by Crippen LogP contribution is -2.09. The van der Waals surface area contributed by atoms with E-state index in [9.17, 15) is 0 Å². The van der Waals surface area contributed by atoms with Gasteiger partial charge in [-0.3, -0.25) is 0 Å². The van der Waals surface area contributed by atoms with Crippen molar-refractivity contribution in [3.05, 3.63) is 0 Å². The predicted octanol–water partition coefficient (Wildman–Crippen LogP) is 4.69. The van der Waals surface area contributed by atoms with Crippen molar-refractivity contribution in [2.24, 2.45) is 5.41 Å². The lowest BCUT2D eigenvalue weighted by Gasteiger charge is -2.19. The van der Waals surface area contributed by atoms with Crippen LogP contribution in [0, 0.1) is 5.41 Å². The highest BCUT2D eigenvalue weighted by atomic mass is 32.2. The van der Waals surface area contributed by atoms with Crippen LogP contribution in [0.5, 0.6) is 0 Å². The van der Waals surface area contributed by atoms with Gasteiger partial charge in [0.15, 0.2) is 0 Å². The Balaban J connectivity index is 3.23. The lowest BCUT2D eigenvalue weighted by atomic mass is 9.94. The summed E-state index contributed by atoms with van der Waals surface area (Å²) in [5.41, 5.74) is 0.504. The van der Waals surface area contributed by atoms with Crippen molar-refractivity contribution >= 4 is 23.5 Å². The molecule has 0 saturated heterocycles. The molecule has 0 unspecified atom stereocenters. The van der Waals surface area contributed by atoms with Crippen molar-refractivity contribution in [1.82, 2.24) is 0 Å². The second-order valence-corrected chi connectivity index (χ2v) is 9.03. The fraction of sp³-hybridized carbons (Fsp3) is 1.00. The standard InChI is InChI=1S/C12H26S2/c1-11(2,3)7-8-13-9-10-14-12(4,5)6/h7-10H2,1-6H3. The molecule has 0 aromatic heterocycles. The number of thioether (sulfide) groups is 2. The summed E-state index contributed by atoms with van der Waals surface area (Å²) in [6.07, 6.45) is 1.33. The summed E-state index contributed by atoms with van der Waals surface area (Å²) in [6.45, 7) is 13.8. The monoisotopic (exact) mass is 234 g/mol. The van der Waals surface area contributed by atoms with Gasteiger partial charge in [0.25, 0.3) is 0 Å². The van der Waals surface area contributed by atoms with Gasteiger partial charge in [-0.25, -0.2) is 0 Å². The topological polar surface area (TPSA) is 0 Å². The maximum Gasteiger partial charge on any atom is 0.00753 e. The summed E-state index contributed by atoms with van der Waals surface area (Å²) in [4.78, 5) is 0. The van der Waals surface area contributed by atoms with Crippen molar-refractivity contribution in [3.63, 3.8) is 0 Å². The smallest absolute Gasteiger partial charge is 0.00753 e.